The summed E-state index contributed by atoms with van der Waals surface area (Å²) in [5, 5.41) is 0. The molecule has 1 aliphatic rings. The van der Waals surface area contributed by atoms with Crippen LogP contribution in [0.1, 0.15) is 20.9 Å². The van der Waals surface area contributed by atoms with E-state index in [0.29, 0.717) is 11.8 Å². The molecule has 0 spiro atoms. The molecule has 4 aromatic heterocycles. The van der Waals surface area contributed by atoms with Crippen LogP contribution in [0.15, 0.2) is 69.5 Å². The second-order valence-electron chi connectivity index (χ2n) is 8.58. The monoisotopic (exact) mass is 512 g/mol. The van der Waals surface area contributed by atoms with Gasteiger partial charge < -0.3 is 8.83 Å². The molecule has 172 valence electrons. The Morgan fingerprint density at radius 3 is 1.57 bits per heavy atom. The Bertz CT molecular complexity index is 1570. The third kappa shape index (κ3) is 3.57. The van der Waals surface area contributed by atoms with E-state index in [9.17, 15) is 0 Å². The van der Waals surface area contributed by atoms with Gasteiger partial charge in [-0.15, -0.1) is 22.7 Å². The molecule has 35 heavy (non-hydrogen) atoms. The van der Waals surface area contributed by atoms with E-state index in [4.69, 9.17) is 18.8 Å². The van der Waals surface area contributed by atoms with Gasteiger partial charge in [-0.25, -0.2) is 9.97 Å². The number of aryl methyl sites for hydroxylation is 2. The van der Waals surface area contributed by atoms with Crippen LogP contribution in [0.25, 0.3) is 54.9 Å². The second kappa shape index (κ2) is 8.22. The Hall–Kier alpha value is -3.13. The molecule has 0 unspecified atom stereocenters. The standard InChI is InChI=1S/C28H20N2O2S3/c1-15-17(11-25(34-15)27-29-21-7-3-5-9-23(21)31-27)19-13-33-14-20(19)18-12-26(35-16(18)2)28-30-22-8-4-6-10-24(22)32-28/h3-12H,13-14H2,1-2H3. The third-order valence-electron chi connectivity index (χ3n) is 6.35. The number of aromatic nitrogens is 2. The Balaban J connectivity index is 1.29. The molecule has 7 heteroatoms. The minimum Gasteiger partial charge on any atom is -0.435 e. The molecule has 5 heterocycles. The summed E-state index contributed by atoms with van der Waals surface area (Å²) in [6.45, 7) is 4.40. The van der Waals surface area contributed by atoms with Gasteiger partial charge in [0.1, 0.15) is 11.0 Å². The van der Waals surface area contributed by atoms with Gasteiger partial charge >= 0.3 is 0 Å². The van der Waals surface area contributed by atoms with E-state index in [0.717, 1.165) is 43.5 Å². The Kier molecular flexibility index (Phi) is 4.98. The van der Waals surface area contributed by atoms with Gasteiger partial charge in [-0.2, -0.15) is 11.8 Å². The Morgan fingerprint density at radius 2 is 1.11 bits per heavy atom. The summed E-state index contributed by atoms with van der Waals surface area (Å²) in [6.07, 6.45) is 0. The first-order valence-electron chi connectivity index (χ1n) is 11.4. The zero-order chi connectivity index (χ0) is 23.5. The largest absolute Gasteiger partial charge is 0.435 e. The highest BCUT2D eigenvalue weighted by molar-refractivity contribution is 8.00. The molecule has 0 N–H and O–H groups in total. The maximum absolute atomic E-state index is 6.06. The van der Waals surface area contributed by atoms with E-state index >= 15 is 0 Å². The lowest BCUT2D eigenvalue weighted by Gasteiger charge is -2.06. The van der Waals surface area contributed by atoms with Crippen molar-refractivity contribution in [3.8, 4) is 21.5 Å². The summed E-state index contributed by atoms with van der Waals surface area (Å²) in [7, 11) is 0. The molecule has 2 aromatic carbocycles. The SMILES string of the molecule is Cc1sc(-c2nc3ccccc3o2)cc1C1=C(c2cc(-c3nc4ccccc4o3)sc2C)CSC1. The fourth-order valence-corrected chi connectivity index (χ4v) is 7.76. The quantitative estimate of drug-likeness (QED) is 0.236. The molecule has 1 aliphatic heterocycles. The van der Waals surface area contributed by atoms with Crippen molar-refractivity contribution in [3.05, 3.63) is 81.5 Å². The van der Waals surface area contributed by atoms with Crippen molar-refractivity contribution in [1.29, 1.82) is 0 Å². The van der Waals surface area contributed by atoms with Crippen molar-refractivity contribution < 1.29 is 8.83 Å². The number of thiophene rings is 2. The van der Waals surface area contributed by atoms with Crippen molar-refractivity contribution in [2.24, 2.45) is 0 Å². The van der Waals surface area contributed by atoms with Gasteiger partial charge in [0.25, 0.3) is 0 Å². The zero-order valence-corrected chi connectivity index (χ0v) is 21.6. The predicted octanol–water partition coefficient (Wildman–Crippen LogP) is 8.70. The number of thioether (sulfide) groups is 1. The average Bonchev–Trinajstić information content (AvgIpc) is 3.66. The highest BCUT2D eigenvalue weighted by atomic mass is 32.2. The number of rotatable bonds is 4. The normalized spacial score (nSPS) is 14.1. The molecule has 0 saturated carbocycles. The first-order valence-corrected chi connectivity index (χ1v) is 14.2. The van der Waals surface area contributed by atoms with E-state index in [1.165, 1.54) is 32.0 Å². The summed E-state index contributed by atoms with van der Waals surface area (Å²) in [6, 6.07) is 20.4. The van der Waals surface area contributed by atoms with Crippen molar-refractivity contribution >= 4 is 67.8 Å². The zero-order valence-electron chi connectivity index (χ0n) is 19.1. The van der Waals surface area contributed by atoms with E-state index in [1.54, 1.807) is 22.7 Å². The molecular weight excluding hydrogens is 493 g/mol. The highest BCUT2D eigenvalue weighted by Gasteiger charge is 2.25. The molecule has 4 nitrogen and oxygen atoms in total. The molecule has 0 fully saturated rings. The molecule has 0 aliphatic carbocycles. The van der Waals surface area contributed by atoms with Crippen molar-refractivity contribution in [2.45, 2.75) is 13.8 Å². The number of fused-ring (bicyclic) bond motifs is 2. The van der Waals surface area contributed by atoms with E-state index in [-0.39, 0.29) is 0 Å². The molecule has 6 aromatic rings. The first-order chi connectivity index (χ1) is 17.1. The van der Waals surface area contributed by atoms with Gasteiger partial charge in [0.15, 0.2) is 11.2 Å². The Labute approximate surface area is 214 Å². The fourth-order valence-electron chi connectivity index (χ4n) is 4.64. The fraction of sp³-hybridized carbons (Fsp3) is 0.143. The number of para-hydroxylation sites is 4. The second-order valence-corrected chi connectivity index (χ2v) is 12.1. The van der Waals surface area contributed by atoms with Crippen molar-refractivity contribution in [2.75, 3.05) is 11.5 Å². The lowest BCUT2D eigenvalue weighted by atomic mass is 9.97. The Morgan fingerprint density at radius 1 is 0.657 bits per heavy atom. The molecule has 0 saturated heterocycles. The number of oxazole rings is 2. The lowest BCUT2D eigenvalue weighted by Crippen LogP contribution is -1.90. The summed E-state index contributed by atoms with van der Waals surface area (Å²) in [5.41, 5.74) is 8.88. The topological polar surface area (TPSA) is 52.1 Å². The van der Waals surface area contributed by atoms with E-state index in [2.05, 4.69) is 26.0 Å². The smallest absolute Gasteiger partial charge is 0.237 e. The van der Waals surface area contributed by atoms with Crippen LogP contribution in [0.4, 0.5) is 0 Å². The van der Waals surface area contributed by atoms with Crippen LogP contribution in [-0.2, 0) is 0 Å². The number of hydrogen-bond donors (Lipinski definition) is 0. The summed E-state index contributed by atoms with van der Waals surface area (Å²) >= 11 is 5.48. The molecule has 7 rings (SSSR count). The van der Waals surface area contributed by atoms with E-state index < -0.39 is 0 Å². The summed E-state index contributed by atoms with van der Waals surface area (Å²) in [5.74, 6) is 3.41. The van der Waals surface area contributed by atoms with Gasteiger partial charge in [0, 0.05) is 21.3 Å². The van der Waals surface area contributed by atoms with Gasteiger partial charge in [-0.3, -0.25) is 0 Å². The van der Waals surface area contributed by atoms with Gasteiger partial charge in [-0.05, 0) is 72.5 Å². The van der Waals surface area contributed by atoms with Gasteiger partial charge in [0.05, 0.1) is 9.75 Å². The predicted molar refractivity (Wildman–Crippen MR) is 148 cm³/mol. The number of benzene rings is 2. The minimum absolute atomic E-state index is 0.698. The first kappa shape index (κ1) is 21.2. The van der Waals surface area contributed by atoms with Crippen molar-refractivity contribution in [1.82, 2.24) is 9.97 Å². The number of hydrogen-bond acceptors (Lipinski definition) is 7. The van der Waals surface area contributed by atoms with Crippen LogP contribution in [-0.4, -0.2) is 21.5 Å². The van der Waals surface area contributed by atoms with Crippen molar-refractivity contribution in [3.63, 3.8) is 0 Å². The number of nitrogens with zero attached hydrogens (tertiary/aromatic N) is 2. The van der Waals surface area contributed by atoms with Crippen LogP contribution in [0.3, 0.4) is 0 Å². The molecule has 0 amide bonds. The van der Waals surface area contributed by atoms with Gasteiger partial charge in [0.2, 0.25) is 11.8 Å². The maximum Gasteiger partial charge on any atom is 0.237 e. The summed E-state index contributed by atoms with van der Waals surface area (Å²) < 4.78 is 12.1. The molecule has 0 bridgehead atoms. The van der Waals surface area contributed by atoms with Gasteiger partial charge in [-0.1, -0.05) is 24.3 Å². The average molecular weight is 513 g/mol. The summed E-state index contributed by atoms with van der Waals surface area (Å²) in [4.78, 5) is 14.2. The maximum atomic E-state index is 6.06. The molecule has 0 atom stereocenters. The van der Waals surface area contributed by atoms with Crippen LogP contribution < -0.4 is 0 Å². The van der Waals surface area contributed by atoms with Crippen LogP contribution in [0.5, 0.6) is 0 Å². The third-order valence-corrected chi connectivity index (χ3v) is 9.41. The minimum atomic E-state index is 0.698. The molecule has 0 radical (unpaired) electrons. The highest BCUT2D eigenvalue weighted by Crippen LogP contribution is 2.46. The lowest BCUT2D eigenvalue weighted by molar-refractivity contribution is 0.621. The van der Waals surface area contributed by atoms with E-state index in [1.807, 2.05) is 60.3 Å². The van der Waals surface area contributed by atoms with Crippen LogP contribution in [0.2, 0.25) is 0 Å². The van der Waals surface area contributed by atoms with Crippen LogP contribution in [0, 0.1) is 13.8 Å². The van der Waals surface area contributed by atoms with Crippen LogP contribution >= 0.6 is 34.4 Å². The molecular formula is C28H20N2O2S3.